The summed E-state index contributed by atoms with van der Waals surface area (Å²) in [5, 5.41) is 20.8. The highest BCUT2D eigenvalue weighted by Gasteiger charge is 2.14. The number of aliphatic carboxylic acids is 2. The lowest BCUT2D eigenvalue weighted by atomic mass is 10.3. The van der Waals surface area contributed by atoms with Crippen molar-refractivity contribution in [1.82, 2.24) is 20.0 Å². The van der Waals surface area contributed by atoms with Gasteiger partial charge in [0.2, 0.25) is 0 Å². The summed E-state index contributed by atoms with van der Waals surface area (Å²) in [5.41, 5.74) is 0. The lowest BCUT2D eigenvalue weighted by molar-refractivity contribution is -0.140. The largest absolute Gasteiger partial charge is 0.480 e. The smallest absolute Gasteiger partial charge is 0.317 e. The van der Waals surface area contributed by atoms with Crippen molar-refractivity contribution in [3.05, 3.63) is 0 Å². The molecule has 0 rings (SSSR count). The number of carboxylic acid groups (broad SMARTS) is 2. The zero-order chi connectivity index (χ0) is 16.3. The van der Waals surface area contributed by atoms with Crippen LogP contribution in [-0.2, 0) is 9.59 Å². The number of hydrogen-bond acceptors (Lipinski definition) is 6. The van der Waals surface area contributed by atoms with Crippen molar-refractivity contribution in [2.45, 2.75) is 0 Å². The van der Waals surface area contributed by atoms with Gasteiger partial charge in [0, 0.05) is 39.3 Å². The summed E-state index contributed by atoms with van der Waals surface area (Å²) in [7, 11) is 5.68. The highest BCUT2D eigenvalue weighted by Crippen LogP contribution is 1.94. The minimum absolute atomic E-state index is 0.0270. The highest BCUT2D eigenvalue weighted by atomic mass is 16.4. The van der Waals surface area contributed by atoms with Crippen molar-refractivity contribution in [2.24, 2.45) is 0 Å². The lowest BCUT2D eigenvalue weighted by Crippen LogP contribution is -2.43. The summed E-state index contributed by atoms with van der Waals surface area (Å²) in [5.74, 6) is -1.74. The first kappa shape index (κ1) is 19.8. The SMILES string of the molecule is CNCCN(CCN(CCN(C)C)CC(=O)O)CC(=O)O. The molecule has 0 atom stereocenters. The van der Waals surface area contributed by atoms with Crippen LogP contribution in [0.3, 0.4) is 0 Å². The van der Waals surface area contributed by atoms with Crippen LogP contribution in [0, 0.1) is 0 Å². The Balaban J connectivity index is 4.35. The zero-order valence-electron chi connectivity index (χ0n) is 13.2. The normalized spacial score (nSPS) is 11.5. The highest BCUT2D eigenvalue weighted by molar-refractivity contribution is 5.69. The quantitative estimate of drug-likeness (QED) is 0.380. The molecule has 0 spiro atoms. The van der Waals surface area contributed by atoms with E-state index >= 15 is 0 Å². The number of likely N-dealkylation sites (N-methyl/N-ethyl adjacent to an activating group) is 2. The Morgan fingerprint density at radius 2 is 1.29 bits per heavy atom. The van der Waals surface area contributed by atoms with Gasteiger partial charge >= 0.3 is 11.9 Å². The molecule has 21 heavy (non-hydrogen) atoms. The van der Waals surface area contributed by atoms with E-state index in [1.165, 1.54) is 0 Å². The van der Waals surface area contributed by atoms with Crippen LogP contribution < -0.4 is 5.32 Å². The monoisotopic (exact) mass is 304 g/mol. The molecule has 0 aromatic carbocycles. The van der Waals surface area contributed by atoms with Crippen molar-refractivity contribution in [1.29, 1.82) is 0 Å². The molecule has 8 nitrogen and oxygen atoms in total. The molecule has 0 saturated carbocycles. The minimum atomic E-state index is -0.871. The van der Waals surface area contributed by atoms with Gasteiger partial charge in [-0.1, -0.05) is 0 Å². The van der Waals surface area contributed by atoms with Crippen LogP contribution in [0.5, 0.6) is 0 Å². The Morgan fingerprint density at radius 3 is 1.67 bits per heavy atom. The third-order valence-electron chi connectivity index (χ3n) is 2.99. The molecule has 0 aliphatic carbocycles. The summed E-state index contributed by atoms with van der Waals surface area (Å²) in [6, 6.07) is 0. The van der Waals surface area contributed by atoms with E-state index in [2.05, 4.69) is 5.32 Å². The van der Waals surface area contributed by atoms with Gasteiger partial charge in [0.15, 0.2) is 0 Å². The van der Waals surface area contributed by atoms with Gasteiger partial charge in [-0.05, 0) is 21.1 Å². The Labute approximate surface area is 126 Å². The number of hydrogen-bond donors (Lipinski definition) is 3. The number of carbonyl (C=O) groups is 2. The molecule has 0 aromatic heterocycles. The number of carboxylic acids is 2. The molecule has 0 fully saturated rings. The maximum Gasteiger partial charge on any atom is 0.317 e. The van der Waals surface area contributed by atoms with E-state index in [0.717, 1.165) is 6.54 Å². The van der Waals surface area contributed by atoms with Crippen molar-refractivity contribution in [3.8, 4) is 0 Å². The van der Waals surface area contributed by atoms with Crippen molar-refractivity contribution in [2.75, 3.05) is 73.5 Å². The van der Waals surface area contributed by atoms with E-state index in [1.54, 1.807) is 0 Å². The molecule has 0 saturated heterocycles. The van der Waals surface area contributed by atoms with E-state index in [9.17, 15) is 9.59 Å². The molecule has 0 amide bonds. The fraction of sp³-hybridized carbons (Fsp3) is 0.846. The average Bonchev–Trinajstić information content (AvgIpc) is 2.37. The van der Waals surface area contributed by atoms with Crippen LogP contribution in [0.25, 0.3) is 0 Å². The standard InChI is InChI=1S/C13H28N4O4/c1-14-4-5-16(10-12(18)19)8-9-17(11-13(20)21)7-6-15(2)3/h14H,4-11H2,1-3H3,(H,18,19)(H,20,21). The lowest BCUT2D eigenvalue weighted by Gasteiger charge is -2.26. The first-order valence-corrected chi connectivity index (χ1v) is 7.02. The van der Waals surface area contributed by atoms with E-state index in [-0.39, 0.29) is 13.1 Å². The van der Waals surface area contributed by atoms with E-state index < -0.39 is 11.9 Å². The molecule has 124 valence electrons. The number of nitrogens with one attached hydrogen (secondary N) is 1. The number of rotatable bonds is 13. The van der Waals surface area contributed by atoms with Crippen molar-refractivity contribution in [3.63, 3.8) is 0 Å². The third kappa shape index (κ3) is 12.2. The third-order valence-corrected chi connectivity index (χ3v) is 2.99. The van der Waals surface area contributed by atoms with Crippen molar-refractivity contribution < 1.29 is 19.8 Å². The van der Waals surface area contributed by atoms with Gasteiger partial charge in [-0.25, -0.2) is 0 Å². The summed E-state index contributed by atoms with van der Waals surface area (Å²) < 4.78 is 0. The van der Waals surface area contributed by atoms with Gasteiger partial charge in [0.1, 0.15) is 0 Å². The van der Waals surface area contributed by atoms with Crippen LogP contribution in [-0.4, -0.2) is 110 Å². The Morgan fingerprint density at radius 1 is 0.857 bits per heavy atom. The van der Waals surface area contributed by atoms with E-state index in [1.807, 2.05) is 35.8 Å². The Bertz CT molecular complexity index is 313. The van der Waals surface area contributed by atoms with Crippen LogP contribution in [0.2, 0.25) is 0 Å². The van der Waals surface area contributed by atoms with Gasteiger partial charge in [-0.3, -0.25) is 19.4 Å². The van der Waals surface area contributed by atoms with Gasteiger partial charge in [-0.15, -0.1) is 0 Å². The molecule has 0 aliphatic rings. The molecule has 3 N–H and O–H groups in total. The van der Waals surface area contributed by atoms with Gasteiger partial charge in [0.25, 0.3) is 0 Å². The fourth-order valence-corrected chi connectivity index (χ4v) is 1.82. The van der Waals surface area contributed by atoms with Gasteiger partial charge in [0.05, 0.1) is 13.1 Å². The van der Waals surface area contributed by atoms with Gasteiger partial charge < -0.3 is 20.4 Å². The van der Waals surface area contributed by atoms with E-state index in [0.29, 0.717) is 32.7 Å². The second-order valence-corrected chi connectivity index (χ2v) is 5.25. The molecule has 0 bridgehead atoms. The summed E-state index contributed by atoms with van der Waals surface area (Å²) in [6.07, 6.45) is 0. The van der Waals surface area contributed by atoms with Crippen LogP contribution in [0.15, 0.2) is 0 Å². The predicted molar refractivity (Wildman–Crippen MR) is 80.6 cm³/mol. The van der Waals surface area contributed by atoms with Crippen LogP contribution >= 0.6 is 0 Å². The maximum atomic E-state index is 10.9. The molecule has 0 radical (unpaired) electrons. The average molecular weight is 304 g/mol. The van der Waals surface area contributed by atoms with Crippen molar-refractivity contribution >= 4 is 11.9 Å². The molecule has 0 aromatic rings. The molecule has 0 heterocycles. The van der Waals surface area contributed by atoms with Gasteiger partial charge in [-0.2, -0.15) is 0 Å². The summed E-state index contributed by atoms with van der Waals surface area (Å²) in [4.78, 5) is 27.3. The topological polar surface area (TPSA) is 96.4 Å². The van der Waals surface area contributed by atoms with Crippen LogP contribution in [0.4, 0.5) is 0 Å². The molecular formula is C13H28N4O4. The molecule has 8 heteroatoms. The van der Waals surface area contributed by atoms with Crippen LogP contribution in [0.1, 0.15) is 0 Å². The second-order valence-electron chi connectivity index (χ2n) is 5.25. The van der Waals surface area contributed by atoms with E-state index in [4.69, 9.17) is 10.2 Å². The predicted octanol–water partition coefficient (Wildman–Crippen LogP) is -1.46. The first-order valence-electron chi connectivity index (χ1n) is 7.02. The first-order chi connectivity index (χ1) is 9.85. The summed E-state index contributed by atoms with van der Waals surface area (Å²) >= 11 is 0. The maximum absolute atomic E-state index is 10.9. The molecule has 0 aliphatic heterocycles. The Hall–Kier alpha value is -1.22. The second kappa shape index (κ2) is 11.4. The number of nitrogens with zero attached hydrogens (tertiary/aromatic N) is 3. The summed E-state index contributed by atoms with van der Waals surface area (Å²) in [6.45, 7) is 3.75. The zero-order valence-corrected chi connectivity index (χ0v) is 13.2. The molecule has 0 unspecified atom stereocenters. The minimum Gasteiger partial charge on any atom is -0.480 e. The molecular weight excluding hydrogens is 276 g/mol. The Kier molecular flexibility index (Phi) is 10.8. The fourth-order valence-electron chi connectivity index (χ4n) is 1.82.